The van der Waals surface area contributed by atoms with Crippen molar-refractivity contribution < 1.29 is 34.0 Å². The van der Waals surface area contributed by atoms with Crippen LogP contribution in [0.3, 0.4) is 0 Å². The summed E-state index contributed by atoms with van der Waals surface area (Å²) in [7, 11) is 1.51. The first-order chi connectivity index (χ1) is 16.0. The summed E-state index contributed by atoms with van der Waals surface area (Å²) >= 11 is 0. The van der Waals surface area contributed by atoms with Gasteiger partial charge in [-0.2, -0.15) is 0 Å². The van der Waals surface area contributed by atoms with Crippen LogP contribution in [0.25, 0.3) is 5.76 Å². The molecule has 3 aromatic rings. The molecule has 0 spiro atoms. The number of hydrogen-bond acceptors (Lipinski definition) is 7. The van der Waals surface area contributed by atoms with Gasteiger partial charge in [-0.15, -0.1) is 0 Å². The van der Waals surface area contributed by atoms with Crippen molar-refractivity contribution in [3.8, 4) is 23.0 Å². The minimum absolute atomic E-state index is 0.0566. The van der Waals surface area contributed by atoms with Crippen LogP contribution in [0.5, 0.6) is 23.0 Å². The fourth-order valence-corrected chi connectivity index (χ4v) is 4.08. The van der Waals surface area contributed by atoms with Gasteiger partial charge in [-0.3, -0.25) is 14.5 Å². The molecule has 2 aliphatic rings. The van der Waals surface area contributed by atoms with Crippen LogP contribution in [0.1, 0.15) is 17.2 Å². The highest BCUT2D eigenvalue weighted by atomic mass is 16.7. The number of nitrogens with zero attached hydrogens (tertiary/aromatic N) is 1. The molecule has 1 atom stereocenters. The number of anilines is 1. The van der Waals surface area contributed by atoms with Crippen LogP contribution in [0.2, 0.25) is 0 Å². The van der Waals surface area contributed by atoms with Gasteiger partial charge in [-0.1, -0.05) is 24.3 Å². The molecule has 0 radical (unpaired) electrons. The Morgan fingerprint density at radius 1 is 1.00 bits per heavy atom. The summed E-state index contributed by atoms with van der Waals surface area (Å²) in [6.45, 7) is 0.0566. The average Bonchev–Trinajstić information content (AvgIpc) is 3.41. The fourth-order valence-electron chi connectivity index (χ4n) is 4.08. The summed E-state index contributed by atoms with van der Waals surface area (Å²) in [6.07, 6.45) is 0. The van der Waals surface area contributed by atoms with Crippen LogP contribution in [-0.2, 0) is 9.59 Å². The predicted molar refractivity (Wildman–Crippen MR) is 118 cm³/mol. The van der Waals surface area contributed by atoms with E-state index in [4.69, 9.17) is 14.2 Å². The minimum Gasteiger partial charge on any atom is -0.507 e. The minimum atomic E-state index is -1.00. The molecule has 2 heterocycles. The highest BCUT2D eigenvalue weighted by Crippen LogP contribution is 2.45. The molecule has 8 heteroatoms. The molecule has 0 saturated carbocycles. The van der Waals surface area contributed by atoms with Crippen molar-refractivity contribution in [2.75, 3.05) is 18.8 Å². The molecule has 0 bridgehead atoms. The Morgan fingerprint density at radius 2 is 1.79 bits per heavy atom. The number of phenolic OH excluding ortho intramolecular Hbond substituents is 1. The number of aliphatic hydroxyl groups excluding tert-OH is 1. The maximum atomic E-state index is 13.2. The van der Waals surface area contributed by atoms with E-state index in [-0.39, 0.29) is 29.6 Å². The Morgan fingerprint density at radius 3 is 2.58 bits per heavy atom. The zero-order chi connectivity index (χ0) is 23.1. The number of carbonyl (C=O) groups excluding carboxylic acids is 2. The third-order valence-electron chi connectivity index (χ3n) is 5.64. The highest BCUT2D eigenvalue weighted by Gasteiger charge is 2.47. The van der Waals surface area contributed by atoms with Gasteiger partial charge in [0.25, 0.3) is 11.7 Å². The van der Waals surface area contributed by atoms with E-state index in [1.807, 2.05) is 0 Å². The molecule has 33 heavy (non-hydrogen) atoms. The van der Waals surface area contributed by atoms with Crippen LogP contribution in [-0.4, -0.2) is 35.8 Å². The van der Waals surface area contributed by atoms with E-state index in [1.165, 1.54) is 24.1 Å². The number of aliphatic hydroxyl groups is 1. The van der Waals surface area contributed by atoms with Crippen molar-refractivity contribution in [3.05, 3.63) is 83.4 Å². The third kappa shape index (κ3) is 3.32. The third-order valence-corrected chi connectivity index (χ3v) is 5.64. The molecule has 0 aromatic heterocycles. The van der Waals surface area contributed by atoms with Gasteiger partial charge < -0.3 is 24.4 Å². The number of carbonyl (C=O) groups is 2. The van der Waals surface area contributed by atoms with E-state index in [0.29, 0.717) is 28.4 Å². The Labute approximate surface area is 188 Å². The summed E-state index contributed by atoms with van der Waals surface area (Å²) in [5, 5.41) is 21.7. The number of benzene rings is 3. The summed E-state index contributed by atoms with van der Waals surface area (Å²) in [4.78, 5) is 27.6. The first-order valence-electron chi connectivity index (χ1n) is 10.1. The SMILES string of the molecule is COc1cccc(C2/C(=C(/O)c3ccc4c(c3)OCO4)C(=O)C(=O)N2c2ccccc2O)c1. The summed E-state index contributed by atoms with van der Waals surface area (Å²) in [6, 6.07) is 16.8. The molecule has 2 N–H and O–H groups in total. The Hall–Kier alpha value is -4.46. The van der Waals surface area contributed by atoms with E-state index in [1.54, 1.807) is 54.6 Å². The van der Waals surface area contributed by atoms with Gasteiger partial charge in [0.15, 0.2) is 11.5 Å². The van der Waals surface area contributed by atoms with Crippen LogP contribution < -0.4 is 19.1 Å². The molecular formula is C25H19NO7. The number of para-hydroxylation sites is 2. The molecule has 2 aliphatic heterocycles. The lowest BCUT2D eigenvalue weighted by molar-refractivity contribution is -0.132. The Balaban J connectivity index is 1.73. The second-order valence-corrected chi connectivity index (χ2v) is 7.50. The largest absolute Gasteiger partial charge is 0.507 e. The molecule has 0 aliphatic carbocycles. The fraction of sp³-hybridized carbons (Fsp3) is 0.120. The number of amides is 1. The van der Waals surface area contributed by atoms with Crippen molar-refractivity contribution in [2.45, 2.75) is 6.04 Å². The van der Waals surface area contributed by atoms with Crippen molar-refractivity contribution in [3.63, 3.8) is 0 Å². The van der Waals surface area contributed by atoms with Gasteiger partial charge in [0.05, 0.1) is 24.4 Å². The standard InChI is InChI=1S/C25H19NO7/c1-31-16-6-4-5-14(11-16)22-21(23(28)15-9-10-19-20(12-15)33-13-32-19)24(29)25(30)26(22)17-7-2-3-8-18(17)27/h2-12,22,27-28H,13H2,1H3/b23-21-. The smallest absolute Gasteiger partial charge is 0.300 e. The van der Waals surface area contributed by atoms with Crippen molar-refractivity contribution in [1.29, 1.82) is 0 Å². The molecule has 5 rings (SSSR count). The van der Waals surface area contributed by atoms with Gasteiger partial charge >= 0.3 is 0 Å². The van der Waals surface area contributed by atoms with Gasteiger partial charge in [0.2, 0.25) is 6.79 Å². The zero-order valence-electron chi connectivity index (χ0n) is 17.5. The zero-order valence-corrected chi connectivity index (χ0v) is 17.5. The highest BCUT2D eigenvalue weighted by molar-refractivity contribution is 6.51. The Bertz CT molecular complexity index is 1310. The van der Waals surface area contributed by atoms with Gasteiger partial charge in [-0.05, 0) is 48.0 Å². The first kappa shape index (κ1) is 20.4. The maximum absolute atomic E-state index is 13.2. The van der Waals surface area contributed by atoms with Crippen LogP contribution in [0.15, 0.2) is 72.3 Å². The molecule has 166 valence electrons. The molecule has 1 amide bonds. The maximum Gasteiger partial charge on any atom is 0.300 e. The number of rotatable bonds is 4. The number of aromatic hydroxyl groups is 1. The van der Waals surface area contributed by atoms with Gasteiger partial charge in [0, 0.05) is 5.56 Å². The molecule has 3 aromatic carbocycles. The number of phenols is 1. The molecule has 1 saturated heterocycles. The number of methoxy groups -OCH3 is 1. The van der Waals surface area contributed by atoms with Crippen molar-refractivity contribution >= 4 is 23.1 Å². The number of hydrogen-bond donors (Lipinski definition) is 2. The van der Waals surface area contributed by atoms with Gasteiger partial charge in [0.1, 0.15) is 17.3 Å². The molecular weight excluding hydrogens is 426 g/mol. The summed E-state index contributed by atoms with van der Waals surface area (Å²) < 4.78 is 16.0. The topological polar surface area (TPSA) is 106 Å². The van der Waals surface area contributed by atoms with E-state index < -0.39 is 17.7 Å². The van der Waals surface area contributed by atoms with Crippen molar-refractivity contribution in [2.24, 2.45) is 0 Å². The van der Waals surface area contributed by atoms with E-state index in [9.17, 15) is 19.8 Å². The van der Waals surface area contributed by atoms with Gasteiger partial charge in [-0.25, -0.2) is 0 Å². The van der Waals surface area contributed by atoms with Crippen molar-refractivity contribution in [1.82, 2.24) is 0 Å². The number of ketones is 1. The average molecular weight is 445 g/mol. The quantitative estimate of drug-likeness (QED) is 0.358. The molecule has 1 fully saturated rings. The number of fused-ring (bicyclic) bond motifs is 1. The summed E-state index contributed by atoms with van der Waals surface area (Å²) in [5.41, 5.74) is 0.856. The summed E-state index contributed by atoms with van der Waals surface area (Å²) in [5.74, 6) is -0.823. The van der Waals surface area contributed by atoms with E-state index >= 15 is 0 Å². The van der Waals surface area contributed by atoms with Crippen LogP contribution >= 0.6 is 0 Å². The number of ether oxygens (including phenoxy) is 3. The lowest BCUT2D eigenvalue weighted by atomic mass is 9.94. The lowest BCUT2D eigenvalue weighted by Gasteiger charge is -2.26. The lowest BCUT2D eigenvalue weighted by Crippen LogP contribution is -2.29. The van der Waals surface area contributed by atoms with E-state index in [2.05, 4.69) is 0 Å². The number of Topliss-reactive ketones (excluding diaryl/α,β-unsaturated/α-hetero) is 1. The second-order valence-electron chi connectivity index (χ2n) is 7.50. The Kier molecular flexibility index (Phi) is 4.90. The molecule has 1 unspecified atom stereocenters. The van der Waals surface area contributed by atoms with Crippen LogP contribution in [0.4, 0.5) is 5.69 Å². The first-order valence-corrected chi connectivity index (χ1v) is 10.1. The molecule has 8 nitrogen and oxygen atoms in total. The second kappa shape index (κ2) is 7.90. The van der Waals surface area contributed by atoms with E-state index in [0.717, 1.165) is 0 Å². The van der Waals surface area contributed by atoms with Crippen LogP contribution in [0, 0.1) is 0 Å². The predicted octanol–water partition coefficient (Wildman–Crippen LogP) is 3.76. The normalized spacial score (nSPS) is 18.6. The monoisotopic (exact) mass is 445 g/mol.